The van der Waals surface area contributed by atoms with Crippen LogP contribution >= 0.6 is 0 Å². The van der Waals surface area contributed by atoms with E-state index < -0.39 is 0 Å². The number of piperidine rings is 1. The van der Waals surface area contributed by atoms with Crippen LogP contribution in [0.1, 0.15) is 51.2 Å². The molecule has 122 valence electrons. The van der Waals surface area contributed by atoms with Gasteiger partial charge in [0.2, 0.25) is 0 Å². The van der Waals surface area contributed by atoms with E-state index in [0.717, 1.165) is 36.2 Å². The summed E-state index contributed by atoms with van der Waals surface area (Å²) in [4.78, 5) is 13.9. The normalized spacial score (nSPS) is 25.3. The highest BCUT2D eigenvalue weighted by atomic mass is 16.2. The molecule has 22 heavy (non-hydrogen) atoms. The average Bonchev–Trinajstić information content (AvgIpc) is 2.39. The van der Waals surface area contributed by atoms with Crippen molar-refractivity contribution in [3.63, 3.8) is 0 Å². The van der Waals surface area contributed by atoms with E-state index in [2.05, 4.69) is 58.1 Å². The maximum absolute atomic E-state index is 12.5. The molecule has 1 aromatic carbocycles. The molecule has 1 fully saturated rings. The van der Waals surface area contributed by atoms with Crippen molar-refractivity contribution in [1.82, 2.24) is 0 Å². The quantitative estimate of drug-likeness (QED) is 0.881. The Morgan fingerprint density at radius 3 is 2.50 bits per heavy atom. The van der Waals surface area contributed by atoms with Crippen LogP contribution in [0.5, 0.6) is 0 Å². The zero-order chi connectivity index (χ0) is 16.3. The SMILES string of the molecule is Cc1cccc(C(C)C)c1NC(=O)C[NH+]1C[C@@H](C)C[C@H](C)C1. The molecule has 0 unspecified atom stereocenters. The second-order valence-corrected chi connectivity index (χ2v) is 7.52. The Morgan fingerprint density at radius 2 is 1.91 bits per heavy atom. The summed E-state index contributed by atoms with van der Waals surface area (Å²) in [5.74, 6) is 2.00. The monoisotopic (exact) mass is 303 g/mol. The molecule has 3 nitrogen and oxygen atoms in total. The molecular weight excluding hydrogens is 272 g/mol. The molecule has 0 bridgehead atoms. The van der Waals surface area contributed by atoms with Crippen LogP contribution in [-0.2, 0) is 4.79 Å². The van der Waals surface area contributed by atoms with Gasteiger partial charge in [-0.1, -0.05) is 45.9 Å². The Kier molecular flexibility index (Phi) is 5.63. The number of nitrogens with one attached hydrogen (secondary N) is 2. The number of aryl methyl sites for hydroxylation is 1. The van der Waals surface area contributed by atoms with Gasteiger partial charge in [-0.15, -0.1) is 0 Å². The molecule has 1 aliphatic heterocycles. The maximum atomic E-state index is 12.5. The van der Waals surface area contributed by atoms with Crippen molar-refractivity contribution in [2.75, 3.05) is 25.0 Å². The van der Waals surface area contributed by atoms with Gasteiger partial charge in [-0.2, -0.15) is 0 Å². The summed E-state index contributed by atoms with van der Waals surface area (Å²) >= 11 is 0. The van der Waals surface area contributed by atoms with E-state index in [1.807, 2.05) is 0 Å². The van der Waals surface area contributed by atoms with Crippen LogP contribution in [0.15, 0.2) is 18.2 Å². The third-order valence-corrected chi connectivity index (χ3v) is 4.68. The summed E-state index contributed by atoms with van der Waals surface area (Å²) in [5.41, 5.74) is 3.39. The van der Waals surface area contributed by atoms with E-state index >= 15 is 0 Å². The van der Waals surface area contributed by atoms with Crippen molar-refractivity contribution >= 4 is 11.6 Å². The largest absolute Gasteiger partial charge is 0.327 e. The number of benzene rings is 1. The topological polar surface area (TPSA) is 33.5 Å². The van der Waals surface area contributed by atoms with Crippen LogP contribution < -0.4 is 10.2 Å². The van der Waals surface area contributed by atoms with Gasteiger partial charge in [0.25, 0.3) is 5.91 Å². The molecule has 1 aromatic rings. The van der Waals surface area contributed by atoms with E-state index in [0.29, 0.717) is 12.5 Å². The smallest absolute Gasteiger partial charge is 0.279 e. The van der Waals surface area contributed by atoms with E-state index in [4.69, 9.17) is 0 Å². The Bertz CT molecular complexity index is 514. The average molecular weight is 303 g/mol. The first kappa shape index (κ1) is 17.0. The minimum Gasteiger partial charge on any atom is -0.327 e. The Morgan fingerprint density at radius 1 is 1.27 bits per heavy atom. The summed E-state index contributed by atoms with van der Waals surface area (Å²) in [6.07, 6.45) is 1.29. The number of amides is 1. The van der Waals surface area contributed by atoms with Gasteiger partial charge in [-0.25, -0.2) is 0 Å². The fourth-order valence-corrected chi connectivity index (χ4v) is 3.82. The van der Waals surface area contributed by atoms with E-state index in [-0.39, 0.29) is 5.91 Å². The summed E-state index contributed by atoms with van der Waals surface area (Å²) in [6, 6.07) is 6.25. The second-order valence-electron chi connectivity index (χ2n) is 7.52. The number of quaternary nitrogens is 1. The number of carbonyl (C=O) groups excluding carboxylic acids is 1. The highest BCUT2D eigenvalue weighted by Gasteiger charge is 2.27. The molecule has 2 rings (SSSR count). The second kappa shape index (κ2) is 7.28. The number of anilines is 1. The molecule has 3 heteroatoms. The van der Waals surface area contributed by atoms with Gasteiger partial charge in [0.1, 0.15) is 0 Å². The number of carbonyl (C=O) groups is 1. The van der Waals surface area contributed by atoms with Crippen LogP contribution in [0.25, 0.3) is 0 Å². The van der Waals surface area contributed by atoms with Crippen LogP contribution in [0.3, 0.4) is 0 Å². The van der Waals surface area contributed by atoms with Gasteiger partial charge in [0.15, 0.2) is 6.54 Å². The number of hydrogen-bond acceptors (Lipinski definition) is 1. The lowest BCUT2D eigenvalue weighted by Gasteiger charge is -2.31. The lowest BCUT2D eigenvalue weighted by molar-refractivity contribution is -0.904. The Balaban J connectivity index is 2.03. The van der Waals surface area contributed by atoms with Gasteiger partial charge >= 0.3 is 0 Å². The van der Waals surface area contributed by atoms with Crippen molar-refractivity contribution in [2.24, 2.45) is 11.8 Å². The predicted molar refractivity (Wildman–Crippen MR) is 92.4 cm³/mol. The molecule has 1 heterocycles. The van der Waals surface area contributed by atoms with Crippen molar-refractivity contribution < 1.29 is 9.69 Å². The van der Waals surface area contributed by atoms with Crippen LogP contribution in [0.4, 0.5) is 5.69 Å². The molecule has 0 spiro atoms. The summed E-state index contributed by atoms with van der Waals surface area (Å²) in [7, 11) is 0. The molecule has 1 aliphatic rings. The minimum atomic E-state index is 0.146. The summed E-state index contributed by atoms with van der Waals surface area (Å²) in [6.45, 7) is 13.8. The van der Waals surface area contributed by atoms with Crippen molar-refractivity contribution in [1.29, 1.82) is 0 Å². The van der Waals surface area contributed by atoms with Crippen molar-refractivity contribution in [3.8, 4) is 0 Å². The van der Waals surface area contributed by atoms with Crippen molar-refractivity contribution in [2.45, 2.75) is 47.0 Å². The fraction of sp³-hybridized carbons (Fsp3) is 0.632. The summed E-state index contributed by atoms with van der Waals surface area (Å²) in [5, 5.41) is 3.18. The van der Waals surface area contributed by atoms with Gasteiger partial charge in [-0.05, 0) is 30.4 Å². The predicted octanol–water partition coefficient (Wildman–Crippen LogP) is 2.62. The van der Waals surface area contributed by atoms with E-state index in [9.17, 15) is 4.79 Å². The van der Waals surface area contributed by atoms with Crippen LogP contribution in [0, 0.1) is 18.8 Å². The van der Waals surface area contributed by atoms with E-state index in [1.165, 1.54) is 16.9 Å². The first-order valence-electron chi connectivity index (χ1n) is 8.59. The molecular formula is C19H31N2O+. The molecule has 0 radical (unpaired) electrons. The number of likely N-dealkylation sites (tertiary alicyclic amines) is 1. The molecule has 0 aromatic heterocycles. The third-order valence-electron chi connectivity index (χ3n) is 4.68. The molecule has 2 atom stereocenters. The van der Waals surface area contributed by atoms with Crippen LogP contribution in [-0.4, -0.2) is 25.5 Å². The molecule has 2 N–H and O–H groups in total. The summed E-state index contributed by atoms with van der Waals surface area (Å²) < 4.78 is 0. The highest BCUT2D eigenvalue weighted by molar-refractivity contribution is 5.93. The lowest BCUT2D eigenvalue weighted by Crippen LogP contribution is -3.15. The first-order valence-corrected chi connectivity index (χ1v) is 8.59. The zero-order valence-electron chi connectivity index (χ0n) is 14.7. The standard InChI is InChI=1S/C19H30N2O/c1-13(2)17-8-6-7-16(5)19(17)20-18(22)12-21-10-14(3)9-15(4)11-21/h6-8,13-15H,9-12H2,1-5H3,(H,20,22)/p+1/t14-,15-/m0/s1. The number of rotatable bonds is 4. The van der Waals surface area contributed by atoms with Gasteiger partial charge in [0, 0.05) is 17.5 Å². The molecule has 1 amide bonds. The maximum Gasteiger partial charge on any atom is 0.279 e. The molecule has 1 saturated heterocycles. The number of para-hydroxylation sites is 1. The Labute approximate surface area is 135 Å². The first-order chi connectivity index (χ1) is 10.4. The zero-order valence-corrected chi connectivity index (χ0v) is 14.7. The lowest BCUT2D eigenvalue weighted by atomic mass is 9.92. The van der Waals surface area contributed by atoms with Crippen molar-refractivity contribution in [3.05, 3.63) is 29.3 Å². The third kappa shape index (κ3) is 4.33. The van der Waals surface area contributed by atoms with Gasteiger partial charge in [-0.3, -0.25) is 4.79 Å². The molecule has 0 aliphatic carbocycles. The van der Waals surface area contributed by atoms with Gasteiger partial charge in [0.05, 0.1) is 13.1 Å². The van der Waals surface area contributed by atoms with E-state index in [1.54, 1.807) is 0 Å². The fourth-order valence-electron chi connectivity index (χ4n) is 3.82. The minimum absolute atomic E-state index is 0.146. The highest BCUT2D eigenvalue weighted by Crippen LogP contribution is 2.27. The molecule has 0 saturated carbocycles. The van der Waals surface area contributed by atoms with Crippen LogP contribution in [0.2, 0.25) is 0 Å². The van der Waals surface area contributed by atoms with Gasteiger partial charge < -0.3 is 10.2 Å². The Hall–Kier alpha value is -1.35. The number of hydrogen-bond donors (Lipinski definition) is 2.